The highest BCUT2D eigenvalue weighted by Crippen LogP contribution is 2.69. The fourth-order valence-electron chi connectivity index (χ4n) is 8.21. The number of aliphatic hydroxyl groups is 1. The molecule has 0 aromatic heterocycles. The van der Waals surface area contributed by atoms with Gasteiger partial charge in [0.25, 0.3) is 0 Å². The summed E-state index contributed by atoms with van der Waals surface area (Å²) in [6.07, 6.45) is 11.3. The second kappa shape index (κ2) is 7.21. The Bertz CT molecular complexity index is 726. The smallest absolute Gasteiger partial charge is 0.303 e. The van der Waals surface area contributed by atoms with E-state index < -0.39 is 11.6 Å². The van der Waals surface area contributed by atoms with E-state index in [9.17, 15) is 19.8 Å². The maximum atomic E-state index is 12.2. The minimum absolute atomic E-state index is 0.0536. The highest BCUT2D eigenvalue weighted by Gasteiger charge is 2.65. The molecule has 0 aromatic carbocycles. The maximum Gasteiger partial charge on any atom is 0.303 e. The zero-order chi connectivity index (χ0) is 21.0. The van der Waals surface area contributed by atoms with Crippen molar-refractivity contribution in [3.63, 3.8) is 0 Å². The Morgan fingerprint density at radius 3 is 2.59 bits per heavy atom. The molecule has 0 heterocycles. The van der Waals surface area contributed by atoms with Crippen molar-refractivity contribution in [1.29, 1.82) is 0 Å². The number of carbonyl (C=O) groups is 2. The summed E-state index contributed by atoms with van der Waals surface area (Å²) < 4.78 is 0. The molecule has 0 saturated heterocycles. The first-order chi connectivity index (χ1) is 13.6. The van der Waals surface area contributed by atoms with Crippen LogP contribution >= 0.6 is 0 Å². The second-order valence-corrected chi connectivity index (χ2v) is 11.0. The van der Waals surface area contributed by atoms with Gasteiger partial charge in [-0.15, -0.1) is 0 Å². The van der Waals surface area contributed by atoms with Crippen LogP contribution in [-0.2, 0) is 9.59 Å². The number of hydrogen-bond donors (Lipinski definition) is 2. The van der Waals surface area contributed by atoms with Crippen molar-refractivity contribution >= 4 is 11.8 Å². The van der Waals surface area contributed by atoms with Crippen LogP contribution in [0.1, 0.15) is 91.4 Å². The third-order valence-electron chi connectivity index (χ3n) is 9.87. The Hall–Kier alpha value is -1.16. The average molecular weight is 403 g/mol. The molecule has 4 aliphatic carbocycles. The molecule has 0 radical (unpaired) electrons. The molecule has 1 unspecified atom stereocenters. The fourth-order valence-corrected chi connectivity index (χ4v) is 8.21. The van der Waals surface area contributed by atoms with Gasteiger partial charge >= 0.3 is 5.97 Å². The van der Waals surface area contributed by atoms with Gasteiger partial charge in [-0.25, -0.2) is 0 Å². The van der Waals surface area contributed by atoms with Crippen LogP contribution in [0.2, 0.25) is 0 Å². The summed E-state index contributed by atoms with van der Waals surface area (Å²) in [7, 11) is 0. The van der Waals surface area contributed by atoms with Gasteiger partial charge in [-0.3, -0.25) is 9.59 Å². The summed E-state index contributed by atoms with van der Waals surface area (Å²) in [6.45, 7) is 6.91. The predicted molar refractivity (Wildman–Crippen MR) is 112 cm³/mol. The fraction of sp³-hybridized carbons (Fsp3) is 0.840. The van der Waals surface area contributed by atoms with Crippen LogP contribution in [0.25, 0.3) is 0 Å². The second-order valence-electron chi connectivity index (χ2n) is 11.0. The summed E-state index contributed by atoms with van der Waals surface area (Å²) in [5, 5.41) is 20.8. The van der Waals surface area contributed by atoms with Crippen LogP contribution in [0.15, 0.2) is 11.6 Å². The predicted octanol–water partition coefficient (Wildman–Crippen LogP) is 5.14. The van der Waals surface area contributed by atoms with Gasteiger partial charge in [-0.05, 0) is 85.5 Å². The molecule has 3 fully saturated rings. The summed E-state index contributed by atoms with van der Waals surface area (Å²) in [5.41, 5.74) is 0.497. The van der Waals surface area contributed by atoms with Crippen molar-refractivity contribution in [2.24, 2.45) is 34.5 Å². The summed E-state index contributed by atoms with van der Waals surface area (Å²) >= 11 is 0. The van der Waals surface area contributed by atoms with Gasteiger partial charge < -0.3 is 10.2 Å². The number of carboxylic acid groups (broad SMARTS) is 1. The van der Waals surface area contributed by atoms with Crippen molar-refractivity contribution in [2.75, 3.05) is 0 Å². The lowest BCUT2D eigenvalue weighted by molar-refractivity contribution is -0.152. The Balaban J connectivity index is 1.69. The molecule has 0 aliphatic heterocycles. The molecule has 4 heteroatoms. The first kappa shape index (κ1) is 21.1. The zero-order valence-corrected chi connectivity index (χ0v) is 18.4. The topological polar surface area (TPSA) is 74.6 Å². The molecule has 4 nitrogen and oxygen atoms in total. The van der Waals surface area contributed by atoms with E-state index in [1.807, 2.05) is 6.08 Å². The van der Waals surface area contributed by atoms with Crippen molar-refractivity contribution in [3.05, 3.63) is 11.6 Å². The van der Waals surface area contributed by atoms with Gasteiger partial charge in [0.2, 0.25) is 0 Å². The molecule has 0 aromatic rings. The number of ketones is 1. The monoisotopic (exact) mass is 402 g/mol. The molecular weight excluding hydrogens is 364 g/mol. The van der Waals surface area contributed by atoms with E-state index >= 15 is 0 Å². The van der Waals surface area contributed by atoms with E-state index in [0.29, 0.717) is 42.3 Å². The van der Waals surface area contributed by atoms with E-state index in [1.165, 1.54) is 12.0 Å². The molecular formula is C25H38O4. The minimum Gasteiger partial charge on any atom is -0.481 e. The van der Waals surface area contributed by atoms with Gasteiger partial charge in [0.05, 0.1) is 5.60 Å². The first-order valence-corrected chi connectivity index (χ1v) is 11.8. The van der Waals surface area contributed by atoms with E-state index in [1.54, 1.807) is 0 Å². The number of allylic oxidation sites excluding steroid dienone is 1. The Morgan fingerprint density at radius 1 is 1.17 bits per heavy atom. The van der Waals surface area contributed by atoms with Gasteiger partial charge in [0, 0.05) is 12.8 Å². The largest absolute Gasteiger partial charge is 0.481 e. The van der Waals surface area contributed by atoms with Crippen molar-refractivity contribution < 1.29 is 19.8 Å². The number of carbonyl (C=O) groups excluding carboxylic acids is 1. The number of rotatable bonds is 5. The molecule has 0 amide bonds. The van der Waals surface area contributed by atoms with Crippen LogP contribution in [0.4, 0.5) is 0 Å². The van der Waals surface area contributed by atoms with E-state index in [2.05, 4.69) is 20.8 Å². The number of hydrogen-bond acceptors (Lipinski definition) is 3. The molecule has 29 heavy (non-hydrogen) atoms. The standard InChI is InChI=1S/C25H38O4/c1-4-5-16-14-17-15-18(26)6-10-23(17,2)19-7-11-24(3)20(22(16)19)8-12-25(24,29)13-9-21(27)28/h15-16,19-20,22,29H,4-14H2,1-3H3,(H,27,28)/t16-,19+,20?,22+,23-,24-,25+/m1/s1. The van der Waals surface area contributed by atoms with Crippen LogP contribution in [0.5, 0.6) is 0 Å². The van der Waals surface area contributed by atoms with Crippen LogP contribution in [0.3, 0.4) is 0 Å². The highest BCUT2D eigenvalue weighted by atomic mass is 16.4. The Kier molecular flexibility index (Phi) is 5.25. The van der Waals surface area contributed by atoms with Crippen molar-refractivity contribution in [1.82, 2.24) is 0 Å². The van der Waals surface area contributed by atoms with Crippen molar-refractivity contribution in [2.45, 2.75) is 97.0 Å². The van der Waals surface area contributed by atoms with Crippen LogP contribution in [0, 0.1) is 34.5 Å². The van der Waals surface area contributed by atoms with Crippen molar-refractivity contribution in [3.8, 4) is 0 Å². The SMILES string of the molecule is CCC[C@@H]1CC2=CC(=O)CC[C@@]2(C)[C@H]2CC[C@]3(C)C(CC[C@]3(O)CCC(=O)O)[C@@H]12. The van der Waals surface area contributed by atoms with Gasteiger partial charge in [-0.2, -0.15) is 0 Å². The number of fused-ring (bicyclic) bond motifs is 5. The van der Waals surface area contributed by atoms with Crippen LogP contribution in [-0.4, -0.2) is 27.6 Å². The van der Waals surface area contributed by atoms with Gasteiger partial charge in [0.1, 0.15) is 0 Å². The number of carboxylic acids is 1. The molecule has 162 valence electrons. The Morgan fingerprint density at radius 2 is 1.90 bits per heavy atom. The summed E-state index contributed by atoms with van der Waals surface area (Å²) in [6, 6.07) is 0. The number of aliphatic carboxylic acids is 1. The normalized spacial score (nSPS) is 46.5. The lowest BCUT2D eigenvalue weighted by Gasteiger charge is -2.61. The van der Waals surface area contributed by atoms with Gasteiger partial charge in [0.15, 0.2) is 5.78 Å². The summed E-state index contributed by atoms with van der Waals surface area (Å²) in [5.74, 6) is 1.72. The molecule has 2 N–H and O–H groups in total. The molecule has 0 bridgehead atoms. The minimum atomic E-state index is -0.850. The van der Waals surface area contributed by atoms with E-state index in [0.717, 1.165) is 44.9 Å². The zero-order valence-electron chi connectivity index (χ0n) is 18.4. The van der Waals surface area contributed by atoms with Crippen LogP contribution < -0.4 is 0 Å². The maximum absolute atomic E-state index is 12.2. The summed E-state index contributed by atoms with van der Waals surface area (Å²) in [4.78, 5) is 23.4. The highest BCUT2D eigenvalue weighted by molar-refractivity contribution is 5.91. The Labute approximate surface area is 175 Å². The lowest BCUT2D eigenvalue weighted by atomic mass is 9.43. The quantitative estimate of drug-likeness (QED) is 0.668. The third kappa shape index (κ3) is 3.12. The molecule has 4 rings (SSSR count). The van der Waals surface area contributed by atoms with E-state index in [-0.39, 0.29) is 17.3 Å². The first-order valence-electron chi connectivity index (χ1n) is 11.8. The average Bonchev–Trinajstić information content (AvgIpc) is 2.93. The van der Waals surface area contributed by atoms with E-state index in [4.69, 9.17) is 0 Å². The lowest BCUT2D eigenvalue weighted by Crippen LogP contribution is -2.57. The molecule has 3 saturated carbocycles. The molecule has 4 aliphatic rings. The molecule has 7 atom stereocenters. The van der Waals surface area contributed by atoms with Gasteiger partial charge in [-0.1, -0.05) is 39.2 Å². The molecule has 0 spiro atoms. The third-order valence-corrected chi connectivity index (χ3v) is 9.87.